The highest BCUT2D eigenvalue weighted by Gasteiger charge is 2.26. The van der Waals surface area contributed by atoms with Gasteiger partial charge < -0.3 is 21.1 Å². The third-order valence-electron chi connectivity index (χ3n) is 2.82. The number of hydrogen-bond donors (Lipinski definition) is 2. The first-order valence-corrected chi connectivity index (χ1v) is 5.64. The van der Waals surface area contributed by atoms with Crippen molar-refractivity contribution in [3.8, 4) is 5.75 Å². The molecule has 5 nitrogen and oxygen atoms in total. The van der Waals surface area contributed by atoms with Crippen molar-refractivity contribution in [3.05, 3.63) is 18.2 Å². The number of carbonyl (C=O) groups is 1. The van der Waals surface area contributed by atoms with Crippen LogP contribution in [-0.2, 0) is 4.79 Å². The molecule has 92 valence electrons. The highest BCUT2D eigenvalue weighted by Crippen LogP contribution is 2.34. The second kappa shape index (κ2) is 4.63. The van der Waals surface area contributed by atoms with Crippen molar-refractivity contribution in [1.82, 2.24) is 0 Å². The Kier molecular flexibility index (Phi) is 3.19. The van der Waals surface area contributed by atoms with E-state index in [0.29, 0.717) is 24.5 Å². The first-order valence-electron chi connectivity index (χ1n) is 5.64. The smallest absolute Gasteiger partial charge is 0.265 e. The predicted octanol–water partition coefficient (Wildman–Crippen LogP) is 0.589. The molecule has 0 bridgehead atoms. The molecule has 1 heterocycles. The van der Waals surface area contributed by atoms with Gasteiger partial charge in [-0.1, -0.05) is 6.92 Å². The van der Waals surface area contributed by atoms with E-state index in [1.807, 2.05) is 6.92 Å². The molecule has 0 aliphatic carbocycles. The lowest BCUT2D eigenvalue weighted by Crippen LogP contribution is -2.42. The lowest BCUT2D eigenvalue weighted by atomic mass is 10.1. The van der Waals surface area contributed by atoms with E-state index in [1.54, 1.807) is 23.1 Å². The van der Waals surface area contributed by atoms with Gasteiger partial charge in [-0.05, 0) is 30.7 Å². The largest absolute Gasteiger partial charge is 0.482 e. The van der Waals surface area contributed by atoms with Crippen LogP contribution in [0.25, 0.3) is 0 Å². The number of nitrogens with zero attached hydrogens (tertiary/aromatic N) is 1. The Morgan fingerprint density at radius 3 is 3.00 bits per heavy atom. The molecule has 1 aliphatic rings. The van der Waals surface area contributed by atoms with E-state index in [0.717, 1.165) is 5.69 Å². The van der Waals surface area contributed by atoms with Gasteiger partial charge >= 0.3 is 0 Å². The lowest BCUT2D eigenvalue weighted by molar-refractivity contribution is -0.121. The molecule has 2 rings (SSSR count). The van der Waals surface area contributed by atoms with Crippen LogP contribution in [0.5, 0.6) is 5.75 Å². The molecule has 0 saturated heterocycles. The van der Waals surface area contributed by atoms with E-state index in [1.165, 1.54) is 0 Å². The Bertz CT molecular complexity index is 434. The van der Waals surface area contributed by atoms with Crippen molar-refractivity contribution in [1.29, 1.82) is 0 Å². The number of fused-ring (bicyclic) bond motifs is 1. The van der Waals surface area contributed by atoms with E-state index in [-0.39, 0.29) is 18.4 Å². The average Bonchev–Trinajstić information content (AvgIpc) is 2.32. The summed E-state index contributed by atoms with van der Waals surface area (Å²) in [4.78, 5) is 13.5. The van der Waals surface area contributed by atoms with Gasteiger partial charge in [0, 0.05) is 12.2 Å². The number of benzene rings is 1. The molecular weight excluding hydrogens is 218 g/mol. The van der Waals surface area contributed by atoms with E-state index in [4.69, 9.17) is 16.2 Å². The van der Waals surface area contributed by atoms with E-state index in [2.05, 4.69) is 0 Å². The Hall–Kier alpha value is -1.75. The van der Waals surface area contributed by atoms with Crippen LogP contribution in [0.15, 0.2) is 18.2 Å². The maximum Gasteiger partial charge on any atom is 0.265 e. The average molecular weight is 235 g/mol. The second-order valence-electron chi connectivity index (χ2n) is 4.36. The van der Waals surface area contributed by atoms with Gasteiger partial charge in [0.1, 0.15) is 5.75 Å². The summed E-state index contributed by atoms with van der Waals surface area (Å²) in [5, 5.41) is 0. The zero-order valence-electron chi connectivity index (χ0n) is 9.85. The minimum atomic E-state index is -0.0524. The molecule has 0 fully saturated rings. The molecular formula is C12H17N3O2. The number of rotatable bonds is 3. The molecule has 0 spiro atoms. The monoisotopic (exact) mass is 235 g/mol. The number of nitrogens with two attached hydrogens (primary N) is 2. The first kappa shape index (κ1) is 11.7. The molecule has 5 heteroatoms. The SMILES string of the molecule is CC(CN)CN1C(=O)COc2ccc(N)cc21. The fourth-order valence-electron chi connectivity index (χ4n) is 1.81. The van der Waals surface area contributed by atoms with Gasteiger partial charge in [-0.15, -0.1) is 0 Å². The molecule has 1 unspecified atom stereocenters. The molecule has 4 N–H and O–H groups in total. The predicted molar refractivity (Wildman–Crippen MR) is 66.9 cm³/mol. The summed E-state index contributed by atoms with van der Waals surface area (Å²) in [5.74, 6) is 0.887. The van der Waals surface area contributed by atoms with Gasteiger partial charge in [0.15, 0.2) is 6.61 Å². The number of carbonyl (C=O) groups excluding carboxylic acids is 1. The van der Waals surface area contributed by atoms with Gasteiger partial charge in [-0.25, -0.2) is 0 Å². The third kappa shape index (κ3) is 2.34. The van der Waals surface area contributed by atoms with Gasteiger partial charge in [0.2, 0.25) is 0 Å². The molecule has 1 aromatic carbocycles. The maximum atomic E-state index is 11.8. The van der Waals surface area contributed by atoms with E-state index < -0.39 is 0 Å². The molecule has 0 radical (unpaired) electrons. The number of amides is 1. The summed E-state index contributed by atoms with van der Waals surface area (Å²) < 4.78 is 5.36. The normalized spacial score (nSPS) is 16.4. The summed E-state index contributed by atoms with van der Waals surface area (Å²) in [6.45, 7) is 3.22. The Morgan fingerprint density at radius 2 is 2.29 bits per heavy atom. The van der Waals surface area contributed by atoms with Gasteiger partial charge in [0.25, 0.3) is 5.91 Å². The summed E-state index contributed by atoms with van der Waals surface area (Å²) in [7, 11) is 0. The Labute approximate surface area is 100 Å². The minimum Gasteiger partial charge on any atom is -0.482 e. The molecule has 17 heavy (non-hydrogen) atoms. The van der Waals surface area contributed by atoms with Crippen LogP contribution in [0.1, 0.15) is 6.92 Å². The number of anilines is 2. The Morgan fingerprint density at radius 1 is 1.53 bits per heavy atom. The van der Waals surface area contributed by atoms with Crippen LogP contribution in [-0.4, -0.2) is 25.6 Å². The van der Waals surface area contributed by atoms with Crippen molar-refractivity contribution in [3.63, 3.8) is 0 Å². The molecule has 0 saturated carbocycles. The van der Waals surface area contributed by atoms with Gasteiger partial charge in [-0.3, -0.25) is 4.79 Å². The van der Waals surface area contributed by atoms with Crippen LogP contribution in [0, 0.1) is 5.92 Å². The van der Waals surface area contributed by atoms with Crippen molar-refractivity contribution in [2.24, 2.45) is 11.7 Å². The molecule has 0 aromatic heterocycles. The number of nitrogen functional groups attached to an aromatic ring is 1. The summed E-state index contributed by atoms with van der Waals surface area (Å²) in [5.41, 5.74) is 12.7. The van der Waals surface area contributed by atoms with Gasteiger partial charge in [-0.2, -0.15) is 0 Å². The summed E-state index contributed by atoms with van der Waals surface area (Å²) >= 11 is 0. The zero-order valence-corrected chi connectivity index (χ0v) is 9.85. The van der Waals surface area contributed by atoms with Crippen molar-refractivity contribution < 1.29 is 9.53 Å². The number of hydrogen-bond acceptors (Lipinski definition) is 4. The maximum absolute atomic E-state index is 11.8. The topological polar surface area (TPSA) is 81.6 Å². The van der Waals surface area contributed by atoms with E-state index in [9.17, 15) is 4.79 Å². The number of ether oxygens (including phenoxy) is 1. The van der Waals surface area contributed by atoms with Crippen LogP contribution < -0.4 is 21.1 Å². The van der Waals surface area contributed by atoms with Crippen LogP contribution in [0.2, 0.25) is 0 Å². The summed E-state index contributed by atoms with van der Waals surface area (Å²) in [6, 6.07) is 5.31. The van der Waals surface area contributed by atoms with Crippen LogP contribution in [0.3, 0.4) is 0 Å². The summed E-state index contributed by atoms with van der Waals surface area (Å²) in [6.07, 6.45) is 0. The third-order valence-corrected chi connectivity index (χ3v) is 2.82. The Balaban J connectivity index is 2.32. The second-order valence-corrected chi connectivity index (χ2v) is 4.36. The van der Waals surface area contributed by atoms with Crippen molar-refractivity contribution in [2.45, 2.75) is 6.92 Å². The van der Waals surface area contributed by atoms with Crippen LogP contribution in [0.4, 0.5) is 11.4 Å². The minimum absolute atomic E-state index is 0.0524. The first-order chi connectivity index (χ1) is 8.11. The van der Waals surface area contributed by atoms with Crippen molar-refractivity contribution >= 4 is 17.3 Å². The van der Waals surface area contributed by atoms with Crippen LogP contribution >= 0.6 is 0 Å². The fraction of sp³-hybridized carbons (Fsp3) is 0.417. The van der Waals surface area contributed by atoms with Crippen molar-refractivity contribution in [2.75, 3.05) is 30.3 Å². The molecule has 1 aromatic rings. The fourth-order valence-corrected chi connectivity index (χ4v) is 1.81. The highest BCUT2D eigenvalue weighted by atomic mass is 16.5. The molecule has 1 amide bonds. The zero-order chi connectivity index (χ0) is 12.4. The lowest BCUT2D eigenvalue weighted by Gasteiger charge is -2.31. The molecule has 1 atom stereocenters. The standard InChI is InChI=1S/C12H17N3O2/c1-8(5-13)6-15-10-4-9(14)2-3-11(10)17-7-12(15)16/h2-4,8H,5-7,13-14H2,1H3. The quantitative estimate of drug-likeness (QED) is 0.751. The van der Waals surface area contributed by atoms with Gasteiger partial charge in [0.05, 0.1) is 5.69 Å². The highest BCUT2D eigenvalue weighted by molar-refractivity contribution is 5.98. The van der Waals surface area contributed by atoms with E-state index >= 15 is 0 Å². The molecule has 1 aliphatic heterocycles.